The molecule has 2 aliphatic rings. The van der Waals surface area contributed by atoms with Gasteiger partial charge in [0.15, 0.2) is 0 Å². The van der Waals surface area contributed by atoms with E-state index in [1.54, 1.807) is 0 Å². The standard InChI is InChI=1S/C9H17NO/c1-6-2-5-8(11-6)9(10)7-3-4-7/h6-9H,2-5,10H2,1H3. The third kappa shape index (κ3) is 1.57. The molecule has 0 aromatic rings. The molecule has 1 heterocycles. The minimum atomic E-state index is 0.333. The topological polar surface area (TPSA) is 35.2 Å². The molecule has 0 spiro atoms. The first kappa shape index (κ1) is 7.56. The number of hydrogen-bond acceptors (Lipinski definition) is 2. The van der Waals surface area contributed by atoms with E-state index in [4.69, 9.17) is 10.5 Å². The maximum Gasteiger partial charge on any atom is 0.0733 e. The quantitative estimate of drug-likeness (QED) is 0.652. The second-order valence-corrected chi connectivity index (χ2v) is 3.98. The lowest BCUT2D eigenvalue weighted by Crippen LogP contribution is -2.36. The maximum absolute atomic E-state index is 6.02. The summed E-state index contributed by atoms with van der Waals surface area (Å²) in [6.07, 6.45) is 5.86. The van der Waals surface area contributed by atoms with Gasteiger partial charge in [0.2, 0.25) is 0 Å². The van der Waals surface area contributed by atoms with E-state index in [0.717, 1.165) is 5.92 Å². The summed E-state index contributed by atoms with van der Waals surface area (Å²) in [5.74, 6) is 0.783. The first-order valence-electron chi connectivity index (χ1n) is 4.68. The number of ether oxygens (including phenoxy) is 1. The van der Waals surface area contributed by atoms with Crippen LogP contribution in [0.3, 0.4) is 0 Å². The Kier molecular flexibility index (Phi) is 1.90. The first-order valence-corrected chi connectivity index (χ1v) is 4.68. The van der Waals surface area contributed by atoms with Gasteiger partial charge in [0, 0.05) is 6.04 Å². The van der Waals surface area contributed by atoms with E-state index in [1.807, 2.05) is 0 Å². The van der Waals surface area contributed by atoms with E-state index in [-0.39, 0.29) is 0 Å². The molecule has 2 N–H and O–H groups in total. The van der Waals surface area contributed by atoms with Crippen molar-refractivity contribution in [3.63, 3.8) is 0 Å². The smallest absolute Gasteiger partial charge is 0.0733 e. The van der Waals surface area contributed by atoms with Crippen LogP contribution in [0.2, 0.25) is 0 Å². The fourth-order valence-electron chi connectivity index (χ4n) is 1.90. The van der Waals surface area contributed by atoms with E-state index < -0.39 is 0 Å². The Morgan fingerprint density at radius 1 is 1.27 bits per heavy atom. The lowest BCUT2D eigenvalue weighted by molar-refractivity contribution is 0.0360. The van der Waals surface area contributed by atoms with Crippen molar-refractivity contribution in [2.45, 2.75) is 50.9 Å². The van der Waals surface area contributed by atoms with Crippen LogP contribution in [0.15, 0.2) is 0 Å². The molecule has 1 aliphatic heterocycles. The van der Waals surface area contributed by atoms with Crippen LogP contribution in [0.25, 0.3) is 0 Å². The minimum absolute atomic E-state index is 0.333. The summed E-state index contributed by atoms with van der Waals surface area (Å²) in [6.45, 7) is 2.14. The van der Waals surface area contributed by atoms with Gasteiger partial charge >= 0.3 is 0 Å². The summed E-state index contributed by atoms with van der Waals surface area (Å²) in [5.41, 5.74) is 6.02. The molecule has 3 atom stereocenters. The number of rotatable bonds is 2. The summed E-state index contributed by atoms with van der Waals surface area (Å²) in [5, 5.41) is 0. The largest absolute Gasteiger partial charge is 0.374 e. The molecule has 2 heteroatoms. The van der Waals surface area contributed by atoms with Crippen molar-refractivity contribution in [3.8, 4) is 0 Å². The normalized spacial score (nSPS) is 40.9. The summed E-state index contributed by atoms with van der Waals surface area (Å²) < 4.78 is 5.70. The molecule has 2 nitrogen and oxygen atoms in total. The van der Waals surface area contributed by atoms with Gasteiger partial charge in [-0.3, -0.25) is 0 Å². The van der Waals surface area contributed by atoms with Crippen LogP contribution in [-0.4, -0.2) is 18.2 Å². The van der Waals surface area contributed by atoms with Gasteiger partial charge in [0.1, 0.15) is 0 Å². The third-order valence-corrected chi connectivity index (χ3v) is 2.86. The van der Waals surface area contributed by atoms with Crippen molar-refractivity contribution in [1.82, 2.24) is 0 Å². The van der Waals surface area contributed by atoms with Gasteiger partial charge < -0.3 is 10.5 Å². The second kappa shape index (κ2) is 2.76. The van der Waals surface area contributed by atoms with E-state index in [9.17, 15) is 0 Å². The molecule has 3 unspecified atom stereocenters. The van der Waals surface area contributed by atoms with Crippen LogP contribution >= 0.6 is 0 Å². The van der Waals surface area contributed by atoms with Crippen molar-refractivity contribution < 1.29 is 4.74 Å². The van der Waals surface area contributed by atoms with Gasteiger partial charge in [-0.25, -0.2) is 0 Å². The molecule has 1 aliphatic carbocycles. The van der Waals surface area contributed by atoms with Crippen LogP contribution in [0.5, 0.6) is 0 Å². The molecule has 2 rings (SSSR count). The summed E-state index contributed by atoms with van der Waals surface area (Å²) in [7, 11) is 0. The SMILES string of the molecule is CC1CCC(C(N)C2CC2)O1. The highest BCUT2D eigenvalue weighted by Crippen LogP contribution is 2.36. The molecule has 2 fully saturated rings. The van der Waals surface area contributed by atoms with E-state index in [0.29, 0.717) is 18.2 Å². The Morgan fingerprint density at radius 2 is 2.00 bits per heavy atom. The molecule has 11 heavy (non-hydrogen) atoms. The molecule has 64 valence electrons. The van der Waals surface area contributed by atoms with Crippen LogP contribution in [-0.2, 0) is 4.74 Å². The average Bonchev–Trinajstić information content (AvgIpc) is 2.74. The zero-order valence-corrected chi connectivity index (χ0v) is 7.12. The Morgan fingerprint density at radius 3 is 2.45 bits per heavy atom. The Labute approximate surface area is 68.1 Å². The Hall–Kier alpha value is -0.0800. The van der Waals surface area contributed by atoms with Gasteiger partial charge in [-0.15, -0.1) is 0 Å². The highest BCUT2D eigenvalue weighted by molar-refractivity contribution is 4.91. The van der Waals surface area contributed by atoms with Crippen molar-refractivity contribution in [2.75, 3.05) is 0 Å². The van der Waals surface area contributed by atoms with Gasteiger partial charge in [0.25, 0.3) is 0 Å². The third-order valence-electron chi connectivity index (χ3n) is 2.86. The summed E-state index contributed by atoms with van der Waals surface area (Å²) in [6, 6.07) is 0.333. The average molecular weight is 155 g/mol. The van der Waals surface area contributed by atoms with E-state index in [1.165, 1.54) is 25.7 Å². The van der Waals surface area contributed by atoms with Gasteiger partial charge in [-0.2, -0.15) is 0 Å². The van der Waals surface area contributed by atoms with Crippen molar-refractivity contribution in [3.05, 3.63) is 0 Å². The van der Waals surface area contributed by atoms with Crippen LogP contribution in [0.1, 0.15) is 32.6 Å². The first-order chi connectivity index (χ1) is 5.27. The van der Waals surface area contributed by atoms with E-state index >= 15 is 0 Å². The Balaban J connectivity index is 1.84. The van der Waals surface area contributed by atoms with Gasteiger partial charge in [-0.1, -0.05) is 0 Å². The highest BCUT2D eigenvalue weighted by Gasteiger charge is 2.37. The van der Waals surface area contributed by atoms with Crippen molar-refractivity contribution >= 4 is 0 Å². The Bertz CT molecular complexity index is 144. The molecular weight excluding hydrogens is 138 g/mol. The predicted octanol–water partition coefficient (Wildman–Crippen LogP) is 1.29. The monoisotopic (exact) mass is 155 g/mol. The molecule has 1 saturated heterocycles. The molecule has 1 saturated carbocycles. The van der Waals surface area contributed by atoms with Gasteiger partial charge in [-0.05, 0) is 38.5 Å². The molecule has 0 bridgehead atoms. The fourth-order valence-corrected chi connectivity index (χ4v) is 1.90. The van der Waals surface area contributed by atoms with Crippen LogP contribution in [0, 0.1) is 5.92 Å². The molecule has 0 radical (unpaired) electrons. The lowest BCUT2D eigenvalue weighted by Gasteiger charge is -2.18. The molecular formula is C9H17NO. The second-order valence-electron chi connectivity index (χ2n) is 3.98. The zero-order valence-electron chi connectivity index (χ0n) is 7.12. The maximum atomic E-state index is 6.02. The highest BCUT2D eigenvalue weighted by atomic mass is 16.5. The summed E-state index contributed by atoms with van der Waals surface area (Å²) >= 11 is 0. The summed E-state index contributed by atoms with van der Waals surface area (Å²) in [4.78, 5) is 0. The van der Waals surface area contributed by atoms with Gasteiger partial charge in [0.05, 0.1) is 12.2 Å². The van der Waals surface area contributed by atoms with Crippen molar-refractivity contribution in [2.24, 2.45) is 11.7 Å². The molecule has 0 aromatic heterocycles. The number of hydrogen-bond donors (Lipinski definition) is 1. The van der Waals surface area contributed by atoms with Crippen LogP contribution in [0.4, 0.5) is 0 Å². The lowest BCUT2D eigenvalue weighted by atomic mass is 10.0. The number of nitrogens with two attached hydrogens (primary N) is 1. The molecule has 0 amide bonds. The van der Waals surface area contributed by atoms with Crippen molar-refractivity contribution in [1.29, 1.82) is 0 Å². The van der Waals surface area contributed by atoms with E-state index in [2.05, 4.69) is 6.92 Å². The molecule has 0 aromatic carbocycles. The van der Waals surface area contributed by atoms with Crippen LogP contribution < -0.4 is 5.73 Å². The predicted molar refractivity (Wildman–Crippen MR) is 44.3 cm³/mol. The minimum Gasteiger partial charge on any atom is -0.374 e. The zero-order chi connectivity index (χ0) is 7.84. The fraction of sp³-hybridized carbons (Fsp3) is 1.00.